The maximum Gasteiger partial charge on any atom is 0.251 e. The van der Waals surface area contributed by atoms with Gasteiger partial charge in [-0.2, -0.15) is 4.72 Å². The number of rotatable bonds is 11. The lowest BCUT2D eigenvalue weighted by Gasteiger charge is -2.31. The van der Waals surface area contributed by atoms with Gasteiger partial charge in [0, 0.05) is 37.9 Å². The minimum Gasteiger partial charge on any atom is -0.492 e. The van der Waals surface area contributed by atoms with E-state index in [2.05, 4.69) is 27.9 Å². The second-order valence-electron chi connectivity index (χ2n) is 8.06. The number of hydrogen-bond donors (Lipinski definition) is 2. The van der Waals surface area contributed by atoms with Crippen LogP contribution < -0.4 is 14.8 Å². The number of hydrogen-bond acceptors (Lipinski definition) is 6. The first-order valence-electron chi connectivity index (χ1n) is 11.2. The molecule has 0 unspecified atom stereocenters. The maximum atomic E-state index is 12.5. The van der Waals surface area contributed by atoms with Crippen molar-refractivity contribution < 1.29 is 22.7 Å². The molecule has 0 aromatic heterocycles. The Bertz CT molecular complexity index is 1090. The molecule has 1 aliphatic heterocycles. The number of nitrogens with zero attached hydrogens (tertiary/aromatic N) is 1. The average molecular weight is 486 g/mol. The first-order valence-corrected chi connectivity index (χ1v) is 12.7. The largest absolute Gasteiger partial charge is 0.492 e. The molecule has 182 valence electrons. The Kier molecular flexibility index (Phi) is 9.48. The summed E-state index contributed by atoms with van der Waals surface area (Å²) >= 11 is 0. The van der Waals surface area contributed by atoms with E-state index in [1.165, 1.54) is 24.3 Å². The molecule has 2 aromatic carbocycles. The molecule has 1 saturated heterocycles. The Balaban J connectivity index is 1.47. The average Bonchev–Trinajstić information content (AvgIpc) is 2.87. The van der Waals surface area contributed by atoms with E-state index in [9.17, 15) is 13.2 Å². The second-order valence-corrected chi connectivity index (χ2v) is 9.82. The molecule has 0 spiro atoms. The predicted octanol–water partition coefficient (Wildman–Crippen LogP) is 2.02. The normalized spacial score (nSPS) is 14.5. The fourth-order valence-electron chi connectivity index (χ4n) is 3.65. The molecule has 0 radical (unpaired) electrons. The van der Waals surface area contributed by atoms with Crippen LogP contribution in [0.3, 0.4) is 0 Å². The minimum absolute atomic E-state index is 0.0478. The molecule has 1 fully saturated rings. The first-order chi connectivity index (χ1) is 16.4. The third-order valence-electron chi connectivity index (χ3n) is 5.67. The number of carbonyl (C=O) groups is 1. The Hall–Kier alpha value is -2.90. The zero-order valence-corrected chi connectivity index (χ0v) is 20.1. The summed E-state index contributed by atoms with van der Waals surface area (Å²) in [6.45, 7) is 3.26. The number of terminal acetylenes is 1. The van der Waals surface area contributed by atoms with E-state index < -0.39 is 10.0 Å². The molecule has 0 aliphatic carbocycles. The van der Waals surface area contributed by atoms with E-state index >= 15 is 0 Å². The maximum absolute atomic E-state index is 12.5. The van der Waals surface area contributed by atoms with Crippen molar-refractivity contribution in [2.24, 2.45) is 0 Å². The first kappa shape index (κ1) is 25.7. The van der Waals surface area contributed by atoms with Gasteiger partial charge in [-0.15, -0.1) is 6.42 Å². The quantitative estimate of drug-likeness (QED) is 0.473. The number of amides is 1. The van der Waals surface area contributed by atoms with Crippen molar-refractivity contribution in [2.75, 3.05) is 40.0 Å². The third kappa shape index (κ3) is 7.57. The zero-order chi connectivity index (χ0) is 24.4. The molecular weight excluding hydrogens is 454 g/mol. The Morgan fingerprint density at radius 3 is 2.65 bits per heavy atom. The Morgan fingerprint density at radius 2 is 1.94 bits per heavy atom. The highest BCUT2D eigenvalue weighted by molar-refractivity contribution is 7.89. The lowest BCUT2D eigenvalue weighted by atomic mass is 10.1. The van der Waals surface area contributed by atoms with Gasteiger partial charge in [0.05, 0.1) is 11.4 Å². The van der Waals surface area contributed by atoms with Crippen molar-refractivity contribution in [3.8, 4) is 18.1 Å². The highest BCUT2D eigenvalue weighted by Gasteiger charge is 2.18. The van der Waals surface area contributed by atoms with E-state index in [4.69, 9.17) is 15.9 Å². The lowest BCUT2D eigenvalue weighted by Crippen LogP contribution is -2.38. The van der Waals surface area contributed by atoms with Gasteiger partial charge in [0.2, 0.25) is 10.0 Å². The number of carbonyl (C=O) groups excluding carboxylic acids is 1. The van der Waals surface area contributed by atoms with E-state index in [0.29, 0.717) is 24.8 Å². The standard InChI is InChI=1S/C25H31N3O5S/c1-3-13-27-34(30,31)24-9-7-21(8-10-24)25(29)26-19-20-5-4-6-23(18-20)33-17-14-28(2)22-11-15-32-16-12-22/h1,4-10,18,22,27H,11-17,19H2,2H3,(H,26,29). The van der Waals surface area contributed by atoms with E-state index in [0.717, 1.165) is 43.9 Å². The monoisotopic (exact) mass is 485 g/mol. The van der Waals surface area contributed by atoms with Gasteiger partial charge in [0.1, 0.15) is 12.4 Å². The van der Waals surface area contributed by atoms with Crippen molar-refractivity contribution in [1.82, 2.24) is 14.9 Å². The van der Waals surface area contributed by atoms with Crippen LogP contribution in [0.5, 0.6) is 5.75 Å². The SMILES string of the molecule is C#CCNS(=O)(=O)c1ccc(C(=O)NCc2cccc(OCCN(C)C3CCOCC3)c2)cc1. The fraction of sp³-hybridized carbons (Fsp3) is 0.400. The van der Waals surface area contributed by atoms with Gasteiger partial charge in [0.15, 0.2) is 0 Å². The number of ether oxygens (including phenoxy) is 2. The molecule has 1 amide bonds. The smallest absolute Gasteiger partial charge is 0.251 e. The van der Waals surface area contributed by atoms with Gasteiger partial charge in [0.25, 0.3) is 5.91 Å². The number of benzene rings is 2. The summed E-state index contributed by atoms with van der Waals surface area (Å²) in [5, 5.41) is 2.85. The molecule has 8 nitrogen and oxygen atoms in total. The van der Waals surface area contributed by atoms with Crippen molar-refractivity contribution in [3.63, 3.8) is 0 Å². The molecule has 34 heavy (non-hydrogen) atoms. The summed E-state index contributed by atoms with van der Waals surface area (Å²) in [6, 6.07) is 13.8. The highest BCUT2D eigenvalue weighted by atomic mass is 32.2. The molecule has 0 bridgehead atoms. The van der Waals surface area contributed by atoms with Crippen molar-refractivity contribution >= 4 is 15.9 Å². The second kappa shape index (κ2) is 12.5. The van der Waals surface area contributed by atoms with Crippen LogP contribution >= 0.6 is 0 Å². The highest BCUT2D eigenvalue weighted by Crippen LogP contribution is 2.16. The molecular formula is C25H31N3O5S. The summed E-state index contributed by atoms with van der Waals surface area (Å²) in [4.78, 5) is 14.8. The molecule has 1 aliphatic rings. The van der Waals surface area contributed by atoms with Gasteiger partial charge < -0.3 is 14.8 Å². The van der Waals surface area contributed by atoms with Crippen LogP contribution in [0.2, 0.25) is 0 Å². The summed E-state index contributed by atoms with van der Waals surface area (Å²) in [6.07, 6.45) is 7.19. The van der Waals surface area contributed by atoms with Gasteiger partial charge in [-0.05, 0) is 61.9 Å². The number of sulfonamides is 1. The van der Waals surface area contributed by atoms with Gasteiger partial charge in [-0.3, -0.25) is 9.69 Å². The van der Waals surface area contributed by atoms with Crippen LogP contribution in [0.1, 0.15) is 28.8 Å². The van der Waals surface area contributed by atoms with Crippen LogP contribution in [0.15, 0.2) is 53.4 Å². The predicted molar refractivity (Wildman–Crippen MR) is 130 cm³/mol. The molecule has 1 heterocycles. The summed E-state index contributed by atoms with van der Waals surface area (Å²) < 4.78 is 37.8. The topological polar surface area (TPSA) is 97.0 Å². The van der Waals surface area contributed by atoms with E-state index in [1.807, 2.05) is 24.3 Å². The zero-order valence-electron chi connectivity index (χ0n) is 19.3. The van der Waals surface area contributed by atoms with Crippen molar-refractivity contribution in [2.45, 2.75) is 30.3 Å². The van der Waals surface area contributed by atoms with Crippen LogP contribution in [0.4, 0.5) is 0 Å². The van der Waals surface area contributed by atoms with Crippen LogP contribution in [0, 0.1) is 12.3 Å². The fourth-order valence-corrected chi connectivity index (χ4v) is 4.59. The van der Waals surface area contributed by atoms with Crippen molar-refractivity contribution in [3.05, 3.63) is 59.7 Å². The lowest BCUT2D eigenvalue weighted by molar-refractivity contribution is 0.0392. The summed E-state index contributed by atoms with van der Waals surface area (Å²) in [5.74, 6) is 2.67. The molecule has 2 aromatic rings. The Labute approximate surface area is 201 Å². The van der Waals surface area contributed by atoms with E-state index in [-0.39, 0.29) is 17.3 Å². The molecule has 2 N–H and O–H groups in total. The van der Waals surface area contributed by atoms with Crippen LogP contribution in [0.25, 0.3) is 0 Å². The van der Waals surface area contributed by atoms with Gasteiger partial charge in [-0.25, -0.2) is 8.42 Å². The minimum atomic E-state index is -3.69. The van der Waals surface area contributed by atoms with Crippen LogP contribution in [-0.4, -0.2) is 65.2 Å². The van der Waals surface area contributed by atoms with Gasteiger partial charge in [-0.1, -0.05) is 18.1 Å². The van der Waals surface area contributed by atoms with E-state index in [1.54, 1.807) is 0 Å². The van der Waals surface area contributed by atoms with Gasteiger partial charge >= 0.3 is 0 Å². The Morgan fingerprint density at radius 1 is 1.21 bits per heavy atom. The summed E-state index contributed by atoms with van der Waals surface area (Å²) in [5.41, 5.74) is 1.26. The number of nitrogens with one attached hydrogen (secondary N) is 2. The number of likely N-dealkylation sites (N-methyl/N-ethyl adjacent to an activating group) is 1. The molecule has 0 atom stereocenters. The molecule has 3 rings (SSSR count). The molecule has 9 heteroatoms. The molecule has 0 saturated carbocycles. The third-order valence-corrected chi connectivity index (χ3v) is 7.09. The summed E-state index contributed by atoms with van der Waals surface area (Å²) in [7, 11) is -1.58. The van der Waals surface area contributed by atoms with Crippen molar-refractivity contribution in [1.29, 1.82) is 0 Å². The van der Waals surface area contributed by atoms with Crippen LogP contribution in [-0.2, 0) is 21.3 Å².